The van der Waals surface area contributed by atoms with Crippen molar-refractivity contribution >= 4 is 5.82 Å². The third-order valence-electron chi connectivity index (χ3n) is 5.61. The number of anilines is 1. The van der Waals surface area contributed by atoms with Crippen molar-refractivity contribution in [3.63, 3.8) is 0 Å². The van der Waals surface area contributed by atoms with Gasteiger partial charge in [-0.3, -0.25) is 9.78 Å². The van der Waals surface area contributed by atoms with Crippen molar-refractivity contribution in [3.05, 3.63) is 64.8 Å². The Labute approximate surface area is 176 Å². The smallest absolute Gasteiger partial charge is 0.267 e. The van der Waals surface area contributed by atoms with Gasteiger partial charge in [-0.05, 0) is 56.0 Å². The van der Waals surface area contributed by atoms with Gasteiger partial charge in [0.05, 0.1) is 17.4 Å². The predicted molar refractivity (Wildman–Crippen MR) is 117 cm³/mol. The molecule has 1 fully saturated rings. The van der Waals surface area contributed by atoms with Gasteiger partial charge in [0, 0.05) is 35.5 Å². The molecule has 3 aromatic heterocycles. The van der Waals surface area contributed by atoms with Crippen LogP contribution >= 0.6 is 0 Å². The van der Waals surface area contributed by atoms with E-state index in [0.29, 0.717) is 6.04 Å². The highest BCUT2D eigenvalue weighted by Gasteiger charge is 2.24. The molecule has 0 spiro atoms. The molecular weight excluding hydrogens is 376 g/mol. The molecule has 0 aromatic carbocycles. The lowest BCUT2D eigenvalue weighted by molar-refractivity contribution is 0.304. The fourth-order valence-corrected chi connectivity index (χ4v) is 3.84. The molecule has 0 atom stereocenters. The molecule has 0 radical (unpaired) electrons. The standard InChI is InChI=1S/C23H28N6O/c1-23(2,3)20-11-12-21(27-26-20)25-17-6-8-18(9-7-17)29-22(30)13-10-19(28-29)16-5-4-14-24-15-16/h4-5,10-15,17-18H,6-9H2,1-3H3,(H,25,27). The van der Waals surface area contributed by atoms with E-state index in [2.05, 4.69) is 46.4 Å². The minimum Gasteiger partial charge on any atom is -0.366 e. The fourth-order valence-electron chi connectivity index (χ4n) is 3.84. The molecule has 4 rings (SSSR count). The molecule has 156 valence electrons. The molecule has 0 bridgehead atoms. The van der Waals surface area contributed by atoms with E-state index in [1.54, 1.807) is 29.2 Å². The number of hydrogen-bond acceptors (Lipinski definition) is 6. The quantitative estimate of drug-likeness (QED) is 0.708. The molecule has 1 aliphatic carbocycles. The Hall–Kier alpha value is -3.09. The van der Waals surface area contributed by atoms with Crippen LogP contribution in [0.2, 0.25) is 0 Å². The third kappa shape index (κ3) is 4.56. The number of hydrogen-bond donors (Lipinski definition) is 1. The Kier molecular flexibility index (Phi) is 5.61. The Bertz CT molecular complexity index is 1030. The first-order valence-electron chi connectivity index (χ1n) is 10.5. The van der Waals surface area contributed by atoms with Gasteiger partial charge in [-0.15, -0.1) is 5.10 Å². The number of nitrogens with one attached hydrogen (secondary N) is 1. The molecule has 7 heteroatoms. The maximum absolute atomic E-state index is 12.4. The highest BCUT2D eigenvalue weighted by Crippen LogP contribution is 2.29. The molecule has 3 aromatic rings. The van der Waals surface area contributed by atoms with E-state index in [9.17, 15) is 4.79 Å². The van der Waals surface area contributed by atoms with E-state index in [1.165, 1.54) is 0 Å². The van der Waals surface area contributed by atoms with E-state index in [-0.39, 0.29) is 17.0 Å². The zero-order valence-electron chi connectivity index (χ0n) is 17.7. The van der Waals surface area contributed by atoms with Crippen LogP contribution in [0.3, 0.4) is 0 Å². The van der Waals surface area contributed by atoms with Crippen LogP contribution in [0.5, 0.6) is 0 Å². The van der Waals surface area contributed by atoms with Crippen molar-refractivity contribution in [2.75, 3.05) is 5.32 Å². The molecule has 7 nitrogen and oxygen atoms in total. The summed E-state index contributed by atoms with van der Waals surface area (Å²) in [5.74, 6) is 0.806. The van der Waals surface area contributed by atoms with E-state index >= 15 is 0 Å². The van der Waals surface area contributed by atoms with Gasteiger partial charge in [-0.2, -0.15) is 10.2 Å². The van der Waals surface area contributed by atoms with Crippen LogP contribution in [0.1, 0.15) is 58.2 Å². The first kappa shape index (κ1) is 20.2. The van der Waals surface area contributed by atoms with Crippen LogP contribution in [0.4, 0.5) is 5.82 Å². The first-order chi connectivity index (χ1) is 14.4. The van der Waals surface area contributed by atoms with E-state index in [1.807, 2.05) is 24.3 Å². The average molecular weight is 405 g/mol. The normalized spacial score (nSPS) is 19.4. The van der Waals surface area contributed by atoms with Crippen molar-refractivity contribution in [1.29, 1.82) is 0 Å². The molecule has 0 saturated heterocycles. The van der Waals surface area contributed by atoms with Crippen molar-refractivity contribution in [1.82, 2.24) is 25.0 Å². The molecule has 1 aliphatic rings. The van der Waals surface area contributed by atoms with Gasteiger partial charge in [0.15, 0.2) is 0 Å². The minimum absolute atomic E-state index is 0.00575. The van der Waals surface area contributed by atoms with E-state index < -0.39 is 0 Å². The molecule has 1 N–H and O–H groups in total. The lowest BCUT2D eigenvalue weighted by Gasteiger charge is -2.30. The second-order valence-electron chi connectivity index (χ2n) is 8.95. The van der Waals surface area contributed by atoms with Crippen LogP contribution < -0.4 is 10.9 Å². The summed E-state index contributed by atoms with van der Waals surface area (Å²) in [6.07, 6.45) is 7.21. The van der Waals surface area contributed by atoms with Crippen molar-refractivity contribution in [2.24, 2.45) is 0 Å². The summed E-state index contributed by atoms with van der Waals surface area (Å²) in [5.41, 5.74) is 2.61. The summed E-state index contributed by atoms with van der Waals surface area (Å²) in [6, 6.07) is 11.7. The number of pyridine rings is 1. The Morgan fingerprint density at radius 1 is 1.00 bits per heavy atom. The van der Waals surface area contributed by atoms with Gasteiger partial charge >= 0.3 is 0 Å². The molecular formula is C23H28N6O. The highest BCUT2D eigenvalue weighted by molar-refractivity contribution is 5.56. The summed E-state index contributed by atoms with van der Waals surface area (Å²) in [4.78, 5) is 16.6. The average Bonchev–Trinajstić information content (AvgIpc) is 2.75. The topological polar surface area (TPSA) is 85.6 Å². The zero-order valence-corrected chi connectivity index (χ0v) is 17.7. The number of rotatable bonds is 4. The molecule has 1 saturated carbocycles. The summed E-state index contributed by atoms with van der Waals surface area (Å²) in [5, 5.41) is 16.8. The maximum atomic E-state index is 12.4. The van der Waals surface area contributed by atoms with Gasteiger partial charge in [-0.25, -0.2) is 4.68 Å². The molecule has 0 aliphatic heterocycles. The van der Waals surface area contributed by atoms with E-state index in [0.717, 1.165) is 48.5 Å². The predicted octanol–water partition coefficient (Wildman–Crippen LogP) is 3.99. The van der Waals surface area contributed by atoms with Crippen molar-refractivity contribution in [2.45, 2.75) is 64.0 Å². The summed E-state index contributed by atoms with van der Waals surface area (Å²) in [6.45, 7) is 6.39. The summed E-state index contributed by atoms with van der Waals surface area (Å²) < 4.78 is 1.65. The molecule has 30 heavy (non-hydrogen) atoms. The second-order valence-corrected chi connectivity index (χ2v) is 8.95. The molecule has 0 amide bonds. The van der Waals surface area contributed by atoms with Crippen LogP contribution in [0, 0.1) is 0 Å². The van der Waals surface area contributed by atoms with E-state index in [4.69, 9.17) is 0 Å². The van der Waals surface area contributed by atoms with Gasteiger partial charge in [0.2, 0.25) is 0 Å². The van der Waals surface area contributed by atoms with Crippen molar-refractivity contribution in [3.8, 4) is 11.3 Å². The molecule has 3 heterocycles. The molecule has 0 unspecified atom stereocenters. The Morgan fingerprint density at radius 2 is 1.80 bits per heavy atom. The third-order valence-corrected chi connectivity index (χ3v) is 5.61. The lowest BCUT2D eigenvalue weighted by atomic mass is 9.91. The van der Waals surface area contributed by atoms with Gasteiger partial charge in [-0.1, -0.05) is 20.8 Å². The number of aromatic nitrogens is 5. The Balaban J connectivity index is 1.41. The SMILES string of the molecule is CC(C)(C)c1ccc(NC2CCC(n3nc(-c4cccnc4)ccc3=O)CC2)nn1. The van der Waals surface area contributed by atoms with Crippen LogP contribution in [-0.2, 0) is 5.41 Å². The van der Waals surface area contributed by atoms with Crippen molar-refractivity contribution < 1.29 is 0 Å². The maximum Gasteiger partial charge on any atom is 0.267 e. The second kappa shape index (κ2) is 8.34. The largest absolute Gasteiger partial charge is 0.366 e. The Morgan fingerprint density at radius 3 is 2.43 bits per heavy atom. The van der Waals surface area contributed by atoms with Gasteiger partial charge in [0.1, 0.15) is 5.82 Å². The highest BCUT2D eigenvalue weighted by atomic mass is 16.1. The fraction of sp³-hybridized carbons (Fsp3) is 0.435. The van der Waals surface area contributed by atoms with Crippen LogP contribution in [0.15, 0.2) is 53.6 Å². The first-order valence-corrected chi connectivity index (χ1v) is 10.5. The van der Waals surface area contributed by atoms with Gasteiger partial charge < -0.3 is 5.32 Å². The van der Waals surface area contributed by atoms with Gasteiger partial charge in [0.25, 0.3) is 5.56 Å². The lowest BCUT2D eigenvalue weighted by Crippen LogP contribution is -2.33. The minimum atomic E-state index is -0.0531. The summed E-state index contributed by atoms with van der Waals surface area (Å²) >= 11 is 0. The number of nitrogens with zero attached hydrogens (tertiary/aromatic N) is 5. The zero-order chi connectivity index (χ0) is 21.1. The van der Waals surface area contributed by atoms with Crippen LogP contribution in [0.25, 0.3) is 11.3 Å². The van der Waals surface area contributed by atoms with Crippen LogP contribution in [-0.4, -0.2) is 31.0 Å². The monoisotopic (exact) mass is 404 g/mol. The summed E-state index contributed by atoms with van der Waals surface area (Å²) in [7, 11) is 0.